The molecule has 0 spiro atoms. The molecule has 0 aliphatic carbocycles. The minimum Gasteiger partial charge on any atom is -0.399 e. The predicted molar refractivity (Wildman–Crippen MR) is 243 cm³/mol. The largest absolute Gasteiger partial charge is 0.399 e. The Morgan fingerprint density at radius 2 is 0.564 bits per heavy atom. The van der Waals surface area contributed by atoms with E-state index in [1.165, 1.54) is 183 Å². The Bertz CT molecular complexity index is 1450. The van der Waals surface area contributed by atoms with E-state index in [0.717, 1.165) is 24.2 Å². The number of nitrogens with two attached hydrogens (primary N) is 2. The third-order valence-corrected chi connectivity index (χ3v) is 11.8. The number of hydrogen-bond donors (Lipinski definition) is 2. The monoisotopic (exact) mass is 743 g/mol. The summed E-state index contributed by atoms with van der Waals surface area (Å²) in [5, 5.41) is 0. The average Bonchev–Trinajstić information content (AvgIpc) is 3.19. The predicted octanol–water partition coefficient (Wildman–Crippen LogP) is 15.1. The molecule has 0 unspecified atom stereocenters. The van der Waals surface area contributed by atoms with Crippen molar-refractivity contribution in [3.63, 3.8) is 0 Å². The smallest absolute Gasteiger partial charge is 0.0314 e. The van der Waals surface area contributed by atoms with Gasteiger partial charge in [-0.3, -0.25) is 0 Å². The molecule has 0 heterocycles. The van der Waals surface area contributed by atoms with Crippen LogP contribution in [0.4, 0.5) is 11.4 Å². The highest BCUT2D eigenvalue weighted by molar-refractivity contribution is 5.43. The van der Waals surface area contributed by atoms with Crippen molar-refractivity contribution in [3.8, 4) is 0 Å². The van der Waals surface area contributed by atoms with Crippen molar-refractivity contribution < 1.29 is 0 Å². The quantitative estimate of drug-likeness (QED) is 0.0413. The molecule has 4 aromatic rings. The van der Waals surface area contributed by atoms with Crippen molar-refractivity contribution in [1.82, 2.24) is 0 Å². The second-order valence-corrected chi connectivity index (χ2v) is 16.8. The fourth-order valence-corrected chi connectivity index (χ4v) is 8.33. The summed E-state index contributed by atoms with van der Waals surface area (Å²) in [6.45, 7) is 4.61. The standard InChI is InChI=1S/C53H78N2/c1-3-5-7-20-26-50-42-46(40-44-30-36-52(54)37-31-44)28-34-48(50)24-22-18-16-14-12-10-9-11-13-15-17-19-23-25-49-35-29-47(41-45-32-38-53(55)39-33-45)43-51(49)27-21-8-6-4-2/h28-39,42-43H,3-27,40-41,54-55H2,1-2H3. The van der Waals surface area contributed by atoms with Crippen molar-refractivity contribution in [2.45, 2.75) is 187 Å². The zero-order valence-electron chi connectivity index (χ0n) is 35.3. The van der Waals surface area contributed by atoms with Gasteiger partial charge in [0.25, 0.3) is 0 Å². The first-order valence-corrected chi connectivity index (χ1v) is 22.9. The lowest BCUT2D eigenvalue weighted by Crippen LogP contribution is -1.99. The molecule has 0 amide bonds. The van der Waals surface area contributed by atoms with E-state index in [0.29, 0.717) is 0 Å². The van der Waals surface area contributed by atoms with E-state index >= 15 is 0 Å². The first-order valence-electron chi connectivity index (χ1n) is 22.9. The maximum Gasteiger partial charge on any atom is 0.0314 e. The van der Waals surface area contributed by atoms with Crippen molar-refractivity contribution >= 4 is 11.4 Å². The number of nitrogen functional groups attached to an aromatic ring is 2. The van der Waals surface area contributed by atoms with Crippen LogP contribution in [0.5, 0.6) is 0 Å². The second kappa shape index (κ2) is 27.1. The SMILES string of the molecule is CCCCCCc1cc(Cc2ccc(N)cc2)ccc1CCCCCCCCCCCCCCCc1ccc(Cc2ccc(N)cc2)cc1CCCCCC. The summed E-state index contributed by atoms with van der Waals surface area (Å²) < 4.78 is 0. The minimum atomic E-state index is 0.843. The van der Waals surface area contributed by atoms with Crippen LogP contribution in [0.3, 0.4) is 0 Å². The number of rotatable bonds is 30. The van der Waals surface area contributed by atoms with E-state index in [-0.39, 0.29) is 0 Å². The average molecular weight is 743 g/mol. The molecule has 0 radical (unpaired) electrons. The van der Waals surface area contributed by atoms with Gasteiger partial charge in [-0.15, -0.1) is 0 Å². The van der Waals surface area contributed by atoms with E-state index < -0.39 is 0 Å². The maximum atomic E-state index is 5.91. The Labute approximate surface area is 338 Å². The molecule has 0 bridgehead atoms. The zero-order valence-corrected chi connectivity index (χ0v) is 35.3. The number of unbranched alkanes of at least 4 members (excludes halogenated alkanes) is 18. The number of anilines is 2. The lowest BCUT2D eigenvalue weighted by atomic mass is 9.93. The van der Waals surface area contributed by atoms with Gasteiger partial charge in [-0.05, 0) is 133 Å². The summed E-state index contributed by atoms with van der Waals surface area (Å²) in [4.78, 5) is 0. The van der Waals surface area contributed by atoms with Gasteiger partial charge in [-0.2, -0.15) is 0 Å². The van der Waals surface area contributed by atoms with Crippen LogP contribution in [-0.4, -0.2) is 0 Å². The van der Waals surface area contributed by atoms with Crippen LogP contribution in [0.1, 0.15) is 193 Å². The Kier molecular flexibility index (Phi) is 21.8. The Morgan fingerprint density at radius 1 is 0.291 bits per heavy atom. The molecule has 0 aliphatic heterocycles. The van der Waals surface area contributed by atoms with Gasteiger partial charge in [0.15, 0.2) is 0 Å². The number of benzene rings is 4. The summed E-state index contributed by atoms with van der Waals surface area (Å²) in [7, 11) is 0. The third-order valence-electron chi connectivity index (χ3n) is 11.8. The van der Waals surface area contributed by atoms with Gasteiger partial charge in [0.1, 0.15) is 0 Å². The summed E-state index contributed by atoms with van der Waals surface area (Å²) in [6, 6.07) is 31.4. The molecule has 300 valence electrons. The summed E-state index contributed by atoms with van der Waals surface area (Å²) in [6.07, 6.45) is 35.7. The Hall–Kier alpha value is -3.52. The molecule has 0 fully saturated rings. The lowest BCUT2D eigenvalue weighted by Gasteiger charge is -2.13. The molecule has 0 saturated heterocycles. The van der Waals surface area contributed by atoms with Crippen LogP contribution in [0.25, 0.3) is 0 Å². The molecule has 2 heteroatoms. The van der Waals surface area contributed by atoms with E-state index in [1.54, 1.807) is 22.3 Å². The number of aryl methyl sites for hydroxylation is 4. The van der Waals surface area contributed by atoms with Crippen LogP contribution < -0.4 is 11.5 Å². The molecule has 4 N–H and O–H groups in total. The summed E-state index contributed by atoms with van der Waals surface area (Å²) in [5.41, 5.74) is 25.5. The van der Waals surface area contributed by atoms with Crippen LogP contribution in [0, 0.1) is 0 Å². The van der Waals surface area contributed by atoms with Crippen LogP contribution in [0.2, 0.25) is 0 Å². The number of hydrogen-bond acceptors (Lipinski definition) is 2. The van der Waals surface area contributed by atoms with Crippen molar-refractivity contribution in [1.29, 1.82) is 0 Å². The van der Waals surface area contributed by atoms with E-state index in [1.807, 2.05) is 24.3 Å². The second-order valence-electron chi connectivity index (χ2n) is 16.8. The van der Waals surface area contributed by atoms with Crippen LogP contribution >= 0.6 is 0 Å². The Morgan fingerprint density at radius 3 is 0.891 bits per heavy atom. The molecule has 0 aliphatic rings. The molecule has 0 saturated carbocycles. The molecule has 55 heavy (non-hydrogen) atoms. The fraction of sp³-hybridized carbons (Fsp3) is 0.547. The summed E-state index contributed by atoms with van der Waals surface area (Å²) in [5.74, 6) is 0. The van der Waals surface area contributed by atoms with Gasteiger partial charge >= 0.3 is 0 Å². The molecular weight excluding hydrogens is 665 g/mol. The molecule has 0 atom stereocenters. The van der Waals surface area contributed by atoms with Gasteiger partial charge in [-0.25, -0.2) is 0 Å². The minimum absolute atomic E-state index is 0.843. The highest BCUT2D eigenvalue weighted by Crippen LogP contribution is 2.24. The summed E-state index contributed by atoms with van der Waals surface area (Å²) >= 11 is 0. The third kappa shape index (κ3) is 18.3. The fourth-order valence-electron chi connectivity index (χ4n) is 8.33. The van der Waals surface area contributed by atoms with Crippen molar-refractivity contribution in [2.75, 3.05) is 11.5 Å². The van der Waals surface area contributed by atoms with Gasteiger partial charge < -0.3 is 11.5 Å². The van der Waals surface area contributed by atoms with Gasteiger partial charge in [0, 0.05) is 11.4 Å². The van der Waals surface area contributed by atoms with Gasteiger partial charge in [0.2, 0.25) is 0 Å². The highest BCUT2D eigenvalue weighted by atomic mass is 14.5. The topological polar surface area (TPSA) is 52.0 Å². The normalized spacial score (nSPS) is 11.4. The zero-order chi connectivity index (χ0) is 38.8. The maximum absolute atomic E-state index is 5.91. The van der Waals surface area contributed by atoms with Crippen LogP contribution in [-0.2, 0) is 38.5 Å². The Balaban J connectivity index is 1.04. The highest BCUT2D eigenvalue weighted by Gasteiger charge is 2.08. The molecule has 4 aromatic carbocycles. The lowest BCUT2D eigenvalue weighted by molar-refractivity contribution is 0.536. The first kappa shape index (κ1) is 44.2. The molecule has 0 aromatic heterocycles. The van der Waals surface area contributed by atoms with E-state index in [4.69, 9.17) is 11.5 Å². The molecule has 2 nitrogen and oxygen atoms in total. The molecular formula is C53H78N2. The van der Waals surface area contributed by atoms with Crippen LogP contribution in [0.15, 0.2) is 84.9 Å². The molecule has 4 rings (SSSR count). The van der Waals surface area contributed by atoms with E-state index in [2.05, 4.69) is 74.5 Å². The van der Waals surface area contributed by atoms with Crippen molar-refractivity contribution in [3.05, 3.63) is 129 Å². The van der Waals surface area contributed by atoms with E-state index in [9.17, 15) is 0 Å². The van der Waals surface area contributed by atoms with Gasteiger partial charge in [-0.1, -0.05) is 184 Å². The van der Waals surface area contributed by atoms with Gasteiger partial charge in [0.05, 0.1) is 0 Å². The first-order chi connectivity index (χ1) is 27.0. The van der Waals surface area contributed by atoms with Crippen molar-refractivity contribution in [2.24, 2.45) is 0 Å².